The minimum atomic E-state index is -0.827. The number of halogens is 1. The third-order valence-electron chi connectivity index (χ3n) is 5.91. The first kappa shape index (κ1) is 26.1. The molecule has 3 aromatic rings. The standard InChI is InChI=1S/C28H28FN3O4S/c1-3-16-36-24-12-8-21(9-13-24)30-26(33)17-25-27(34)32(22-10-14-23(35-2)15-11-22)28(37)31(25)18-19-4-6-20(29)7-5-19/h4-15,25H,3,16-18H2,1-2H3,(H,30,33)/t25-/m0/s1. The van der Waals surface area contributed by atoms with Crippen LogP contribution >= 0.6 is 12.2 Å². The fourth-order valence-corrected chi connectivity index (χ4v) is 4.40. The number of hydrogen-bond donors (Lipinski definition) is 1. The van der Waals surface area contributed by atoms with Gasteiger partial charge in [0.2, 0.25) is 5.91 Å². The van der Waals surface area contributed by atoms with E-state index in [0.29, 0.717) is 23.7 Å². The van der Waals surface area contributed by atoms with E-state index in [1.807, 2.05) is 6.92 Å². The lowest BCUT2D eigenvalue weighted by Crippen LogP contribution is -2.37. The van der Waals surface area contributed by atoms with E-state index in [2.05, 4.69) is 5.32 Å². The Morgan fingerprint density at radius 3 is 2.27 bits per heavy atom. The summed E-state index contributed by atoms with van der Waals surface area (Å²) in [6.45, 7) is 2.89. The topological polar surface area (TPSA) is 71.1 Å². The first-order chi connectivity index (χ1) is 17.9. The number of nitrogens with one attached hydrogen (secondary N) is 1. The van der Waals surface area contributed by atoms with E-state index in [1.165, 1.54) is 17.0 Å². The predicted molar refractivity (Wildman–Crippen MR) is 144 cm³/mol. The molecule has 37 heavy (non-hydrogen) atoms. The summed E-state index contributed by atoms with van der Waals surface area (Å²) in [4.78, 5) is 29.7. The Bertz CT molecular complexity index is 1250. The van der Waals surface area contributed by atoms with Crippen molar-refractivity contribution >= 4 is 40.5 Å². The van der Waals surface area contributed by atoms with Crippen molar-refractivity contribution in [3.05, 3.63) is 84.2 Å². The van der Waals surface area contributed by atoms with Crippen molar-refractivity contribution < 1.29 is 23.5 Å². The molecule has 1 aliphatic heterocycles. The van der Waals surface area contributed by atoms with Crippen LogP contribution in [0.15, 0.2) is 72.8 Å². The Kier molecular flexibility index (Phi) is 8.35. The van der Waals surface area contributed by atoms with Gasteiger partial charge in [0.15, 0.2) is 5.11 Å². The highest BCUT2D eigenvalue weighted by atomic mass is 32.1. The predicted octanol–water partition coefficient (Wildman–Crippen LogP) is 5.15. The first-order valence-electron chi connectivity index (χ1n) is 12.0. The van der Waals surface area contributed by atoms with Gasteiger partial charge in [-0.1, -0.05) is 19.1 Å². The summed E-state index contributed by atoms with van der Waals surface area (Å²) in [6.07, 6.45) is 0.790. The maximum atomic E-state index is 13.6. The summed E-state index contributed by atoms with van der Waals surface area (Å²) in [5.41, 5.74) is 1.94. The lowest BCUT2D eigenvalue weighted by atomic mass is 10.1. The summed E-state index contributed by atoms with van der Waals surface area (Å²) in [7, 11) is 1.56. The zero-order valence-corrected chi connectivity index (χ0v) is 21.5. The van der Waals surface area contributed by atoms with Gasteiger partial charge in [-0.25, -0.2) is 4.39 Å². The molecule has 1 saturated heterocycles. The van der Waals surface area contributed by atoms with E-state index >= 15 is 0 Å². The molecule has 2 amide bonds. The molecule has 9 heteroatoms. The van der Waals surface area contributed by atoms with Crippen LogP contribution in [0.25, 0.3) is 0 Å². The van der Waals surface area contributed by atoms with Gasteiger partial charge in [0, 0.05) is 12.2 Å². The number of hydrogen-bond acceptors (Lipinski definition) is 5. The van der Waals surface area contributed by atoms with E-state index in [9.17, 15) is 14.0 Å². The number of benzene rings is 3. The van der Waals surface area contributed by atoms with Crippen LogP contribution in [0.1, 0.15) is 25.3 Å². The molecule has 0 aromatic heterocycles. The number of carbonyl (C=O) groups is 2. The van der Waals surface area contributed by atoms with Crippen molar-refractivity contribution in [1.29, 1.82) is 0 Å². The first-order valence-corrected chi connectivity index (χ1v) is 12.4. The summed E-state index contributed by atoms with van der Waals surface area (Å²) in [5.74, 6) is 0.369. The summed E-state index contributed by atoms with van der Waals surface area (Å²) < 4.78 is 24.2. The van der Waals surface area contributed by atoms with Gasteiger partial charge in [-0.3, -0.25) is 14.5 Å². The molecule has 7 nitrogen and oxygen atoms in total. The van der Waals surface area contributed by atoms with E-state index in [0.717, 1.165) is 17.7 Å². The van der Waals surface area contributed by atoms with Crippen LogP contribution in [0.4, 0.5) is 15.8 Å². The van der Waals surface area contributed by atoms with Gasteiger partial charge in [-0.2, -0.15) is 0 Å². The largest absolute Gasteiger partial charge is 0.497 e. The van der Waals surface area contributed by atoms with Crippen molar-refractivity contribution in [3.8, 4) is 11.5 Å². The quantitative estimate of drug-likeness (QED) is 0.372. The zero-order valence-electron chi connectivity index (χ0n) is 20.6. The molecule has 0 radical (unpaired) electrons. The fourth-order valence-electron chi connectivity index (χ4n) is 4.01. The Morgan fingerprint density at radius 2 is 1.65 bits per heavy atom. The van der Waals surface area contributed by atoms with E-state index in [1.54, 1.807) is 72.7 Å². The number of amides is 2. The zero-order chi connectivity index (χ0) is 26.4. The monoisotopic (exact) mass is 521 g/mol. The molecule has 0 unspecified atom stereocenters. The summed E-state index contributed by atoms with van der Waals surface area (Å²) in [6, 6.07) is 19.2. The molecule has 0 saturated carbocycles. The second-order valence-corrected chi connectivity index (χ2v) is 8.91. The van der Waals surface area contributed by atoms with Crippen LogP contribution in [0.2, 0.25) is 0 Å². The van der Waals surface area contributed by atoms with Crippen LogP contribution in [0.5, 0.6) is 11.5 Å². The van der Waals surface area contributed by atoms with Crippen molar-refractivity contribution in [1.82, 2.24) is 4.90 Å². The molecule has 0 aliphatic carbocycles. The van der Waals surface area contributed by atoms with E-state index < -0.39 is 6.04 Å². The van der Waals surface area contributed by atoms with Crippen molar-refractivity contribution in [2.24, 2.45) is 0 Å². The minimum absolute atomic E-state index is 0.110. The average Bonchev–Trinajstić information content (AvgIpc) is 3.13. The molecule has 1 fully saturated rings. The Morgan fingerprint density at radius 1 is 1.00 bits per heavy atom. The Balaban J connectivity index is 1.53. The molecule has 1 atom stereocenters. The fraction of sp³-hybridized carbons (Fsp3) is 0.250. The van der Waals surface area contributed by atoms with Gasteiger partial charge < -0.3 is 19.7 Å². The number of rotatable bonds is 10. The van der Waals surface area contributed by atoms with Crippen molar-refractivity contribution in [2.75, 3.05) is 23.9 Å². The SMILES string of the molecule is CCCOc1ccc(NC(=O)C[C@H]2C(=O)N(c3ccc(OC)cc3)C(=S)N2Cc2ccc(F)cc2)cc1. The highest BCUT2D eigenvalue weighted by Gasteiger charge is 2.44. The third-order valence-corrected chi connectivity index (χ3v) is 6.32. The highest BCUT2D eigenvalue weighted by molar-refractivity contribution is 7.80. The summed E-state index contributed by atoms with van der Waals surface area (Å²) >= 11 is 5.70. The van der Waals surface area contributed by atoms with Crippen molar-refractivity contribution in [3.63, 3.8) is 0 Å². The number of carbonyl (C=O) groups excluding carboxylic acids is 2. The Labute approximate surface area is 220 Å². The lowest BCUT2D eigenvalue weighted by molar-refractivity contribution is -0.124. The molecule has 0 spiro atoms. The van der Waals surface area contributed by atoms with Gasteiger partial charge in [-0.05, 0) is 84.9 Å². The molecule has 192 valence electrons. The second-order valence-electron chi connectivity index (χ2n) is 8.55. The molecule has 1 heterocycles. The Hall–Kier alpha value is -3.98. The molecule has 1 aliphatic rings. The molecule has 0 bridgehead atoms. The normalized spacial score (nSPS) is 15.2. The van der Waals surface area contributed by atoms with Crippen molar-refractivity contribution in [2.45, 2.75) is 32.4 Å². The number of ether oxygens (including phenoxy) is 2. The minimum Gasteiger partial charge on any atom is -0.497 e. The molecular formula is C28H28FN3O4S. The van der Waals surface area contributed by atoms with Gasteiger partial charge in [0.25, 0.3) is 5.91 Å². The van der Waals surface area contributed by atoms with Crippen LogP contribution in [0.3, 0.4) is 0 Å². The number of thiocarbonyl (C=S) groups is 1. The van der Waals surface area contributed by atoms with Crippen LogP contribution in [-0.2, 0) is 16.1 Å². The van der Waals surface area contributed by atoms with Gasteiger partial charge in [-0.15, -0.1) is 0 Å². The highest BCUT2D eigenvalue weighted by Crippen LogP contribution is 2.30. The summed E-state index contributed by atoms with van der Waals surface area (Å²) in [5, 5.41) is 3.12. The smallest absolute Gasteiger partial charge is 0.256 e. The number of anilines is 2. The van der Waals surface area contributed by atoms with E-state index in [-0.39, 0.29) is 35.7 Å². The molecule has 3 aromatic carbocycles. The number of nitrogens with zero attached hydrogens (tertiary/aromatic N) is 2. The average molecular weight is 522 g/mol. The van der Waals surface area contributed by atoms with Gasteiger partial charge in [0.05, 0.1) is 25.8 Å². The maximum absolute atomic E-state index is 13.6. The lowest BCUT2D eigenvalue weighted by Gasteiger charge is -2.24. The molecular weight excluding hydrogens is 493 g/mol. The van der Waals surface area contributed by atoms with Gasteiger partial charge >= 0.3 is 0 Å². The molecule has 1 N–H and O–H groups in total. The maximum Gasteiger partial charge on any atom is 0.256 e. The van der Waals surface area contributed by atoms with Crippen LogP contribution in [-0.4, -0.2) is 41.6 Å². The van der Waals surface area contributed by atoms with Crippen LogP contribution < -0.4 is 19.7 Å². The molecule has 4 rings (SSSR count). The van der Waals surface area contributed by atoms with Gasteiger partial charge in [0.1, 0.15) is 23.4 Å². The van der Waals surface area contributed by atoms with Crippen LogP contribution in [0, 0.1) is 5.82 Å². The third kappa shape index (κ3) is 6.24. The van der Waals surface area contributed by atoms with E-state index in [4.69, 9.17) is 21.7 Å². The number of methoxy groups -OCH3 is 1. The second kappa shape index (κ2) is 11.8.